The number of fused-ring (bicyclic) bond motifs is 1. The van der Waals surface area contributed by atoms with Crippen molar-refractivity contribution in [3.8, 4) is 17.4 Å². The summed E-state index contributed by atoms with van der Waals surface area (Å²) in [5.74, 6) is 2.25. The van der Waals surface area contributed by atoms with Gasteiger partial charge in [-0.15, -0.1) is 0 Å². The third-order valence-electron chi connectivity index (χ3n) is 5.40. The number of hydrogen-bond donors (Lipinski definition) is 0. The van der Waals surface area contributed by atoms with E-state index in [1.165, 1.54) is 4.31 Å². The van der Waals surface area contributed by atoms with E-state index in [0.717, 1.165) is 37.2 Å². The van der Waals surface area contributed by atoms with Crippen molar-refractivity contribution < 1.29 is 17.9 Å². The number of nitrogens with zero attached hydrogens (tertiary/aromatic N) is 4. The molecule has 0 atom stereocenters. The minimum absolute atomic E-state index is 0.0672. The van der Waals surface area contributed by atoms with Crippen LogP contribution in [-0.4, -0.2) is 55.2 Å². The lowest BCUT2D eigenvalue weighted by molar-refractivity contribution is 0.354. The molecule has 29 heavy (non-hydrogen) atoms. The van der Waals surface area contributed by atoms with E-state index in [9.17, 15) is 8.42 Å². The molecule has 0 aliphatic carbocycles. The van der Waals surface area contributed by atoms with Crippen LogP contribution < -0.4 is 14.4 Å². The van der Waals surface area contributed by atoms with Crippen LogP contribution in [0.2, 0.25) is 0 Å². The molecule has 9 heteroatoms. The average Bonchev–Trinajstić information content (AvgIpc) is 3.28. The topological polar surface area (TPSA) is 84.9 Å². The van der Waals surface area contributed by atoms with E-state index < -0.39 is 10.0 Å². The lowest BCUT2D eigenvalue weighted by Gasteiger charge is -2.29. The zero-order chi connectivity index (χ0) is 20.4. The molecule has 0 spiro atoms. The SMILES string of the molecule is CCS(=O)(=O)N1CCc2nc(N3CCCC3)nc(Oc3ccccc3OC)c2C1. The fourth-order valence-electron chi connectivity index (χ4n) is 3.72. The largest absolute Gasteiger partial charge is 0.493 e. The molecule has 0 unspecified atom stereocenters. The Balaban J connectivity index is 1.76. The van der Waals surface area contributed by atoms with Crippen LogP contribution in [0.4, 0.5) is 5.95 Å². The smallest absolute Gasteiger partial charge is 0.229 e. The summed E-state index contributed by atoms with van der Waals surface area (Å²) in [5, 5.41) is 0. The quantitative estimate of drug-likeness (QED) is 0.713. The van der Waals surface area contributed by atoms with E-state index in [1.54, 1.807) is 14.0 Å². The molecule has 0 bridgehead atoms. The fraction of sp³-hybridized carbons (Fsp3) is 0.500. The van der Waals surface area contributed by atoms with Gasteiger partial charge >= 0.3 is 0 Å². The number of para-hydroxylation sites is 2. The Morgan fingerprint density at radius 2 is 1.79 bits per heavy atom. The molecule has 4 rings (SSSR count). The molecule has 8 nitrogen and oxygen atoms in total. The minimum atomic E-state index is -3.31. The molecule has 1 fully saturated rings. The molecule has 156 valence electrons. The highest BCUT2D eigenvalue weighted by Crippen LogP contribution is 2.36. The number of methoxy groups -OCH3 is 1. The van der Waals surface area contributed by atoms with Gasteiger partial charge in [0.15, 0.2) is 11.5 Å². The van der Waals surface area contributed by atoms with E-state index in [-0.39, 0.29) is 12.3 Å². The van der Waals surface area contributed by atoms with Crippen molar-refractivity contribution in [1.29, 1.82) is 0 Å². The zero-order valence-electron chi connectivity index (χ0n) is 16.8. The maximum atomic E-state index is 12.4. The highest BCUT2D eigenvalue weighted by molar-refractivity contribution is 7.89. The van der Waals surface area contributed by atoms with Gasteiger partial charge in [0.2, 0.25) is 21.9 Å². The fourth-order valence-corrected chi connectivity index (χ4v) is 4.78. The van der Waals surface area contributed by atoms with Crippen molar-refractivity contribution in [2.45, 2.75) is 32.7 Å². The van der Waals surface area contributed by atoms with Gasteiger partial charge in [-0.05, 0) is 31.9 Å². The average molecular weight is 419 g/mol. The van der Waals surface area contributed by atoms with Gasteiger partial charge in [-0.25, -0.2) is 13.4 Å². The number of sulfonamides is 1. The molecule has 1 saturated heterocycles. The summed E-state index contributed by atoms with van der Waals surface area (Å²) in [6, 6.07) is 7.36. The van der Waals surface area contributed by atoms with Crippen molar-refractivity contribution in [1.82, 2.24) is 14.3 Å². The first-order valence-electron chi connectivity index (χ1n) is 9.95. The molecule has 0 saturated carbocycles. The predicted octanol–water partition coefficient (Wildman–Crippen LogP) is 2.59. The summed E-state index contributed by atoms with van der Waals surface area (Å²) in [6.07, 6.45) is 2.78. The normalized spacial score (nSPS) is 17.2. The van der Waals surface area contributed by atoms with Crippen molar-refractivity contribution in [2.24, 2.45) is 0 Å². The van der Waals surface area contributed by atoms with E-state index in [1.807, 2.05) is 24.3 Å². The lowest BCUT2D eigenvalue weighted by atomic mass is 10.1. The summed E-state index contributed by atoms with van der Waals surface area (Å²) in [6.45, 7) is 4.14. The number of benzene rings is 1. The van der Waals surface area contributed by atoms with E-state index in [0.29, 0.717) is 36.3 Å². The first-order chi connectivity index (χ1) is 14.0. The van der Waals surface area contributed by atoms with Gasteiger partial charge in [-0.3, -0.25) is 0 Å². The minimum Gasteiger partial charge on any atom is -0.493 e. The second-order valence-corrected chi connectivity index (χ2v) is 9.44. The molecule has 1 aromatic heterocycles. The molecule has 0 radical (unpaired) electrons. The number of anilines is 1. The Labute approximate surface area is 171 Å². The molecule has 2 aromatic rings. The van der Waals surface area contributed by atoms with Gasteiger partial charge in [-0.2, -0.15) is 9.29 Å². The maximum Gasteiger partial charge on any atom is 0.229 e. The first-order valence-corrected chi connectivity index (χ1v) is 11.6. The molecule has 2 aliphatic heterocycles. The molecule has 2 aliphatic rings. The molecule has 1 aromatic carbocycles. The van der Waals surface area contributed by atoms with Gasteiger partial charge in [0, 0.05) is 32.6 Å². The van der Waals surface area contributed by atoms with Gasteiger partial charge < -0.3 is 14.4 Å². The van der Waals surface area contributed by atoms with E-state index in [2.05, 4.69) is 4.90 Å². The van der Waals surface area contributed by atoms with Crippen LogP contribution >= 0.6 is 0 Å². The van der Waals surface area contributed by atoms with Gasteiger partial charge in [0.05, 0.1) is 24.1 Å². The Morgan fingerprint density at radius 3 is 2.48 bits per heavy atom. The number of hydrogen-bond acceptors (Lipinski definition) is 7. The van der Waals surface area contributed by atoms with Crippen molar-refractivity contribution in [3.05, 3.63) is 35.5 Å². The van der Waals surface area contributed by atoms with Gasteiger partial charge in [-0.1, -0.05) is 12.1 Å². The van der Waals surface area contributed by atoms with Crippen LogP contribution in [0.5, 0.6) is 17.4 Å². The molecule has 0 amide bonds. The lowest BCUT2D eigenvalue weighted by Crippen LogP contribution is -2.38. The number of aromatic nitrogens is 2. The molecule has 0 N–H and O–H groups in total. The van der Waals surface area contributed by atoms with Gasteiger partial charge in [0.1, 0.15) is 0 Å². The second kappa shape index (κ2) is 8.16. The van der Waals surface area contributed by atoms with Crippen LogP contribution in [0.3, 0.4) is 0 Å². The van der Waals surface area contributed by atoms with Crippen LogP contribution in [0.1, 0.15) is 31.0 Å². The Kier molecular flexibility index (Phi) is 5.60. The predicted molar refractivity (Wildman–Crippen MR) is 110 cm³/mol. The second-order valence-electron chi connectivity index (χ2n) is 7.19. The summed E-state index contributed by atoms with van der Waals surface area (Å²) >= 11 is 0. The Bertz CT molecular complexity index is 990. The van der Waals surface area contributed by atoms with Crippen molar-refractivity contribution >= 4 is 16.0 Å². The van der Waals surface area contributed by atoms with E-state index >= 15 is 0 Å². The summed E-state index contributed by atoms with van der Waals surface area (Å²) in [4.78, 5) is 11.6. The molecular formula is C20H26N4O4S. The molecule has 3 heterocycles. The van der Waals surface area contributed by atoms with Crippen molar-refractivity contribution in [3.63, 3.8) is 0 Å². The third kappa shape index (κ3) is 4.02. The number of rotatable bonds is 6. The van der Waals surface area contributed by atoms with Crippen LogP contribution in [-0.2, 0) is 23.0 Å². The number of ether oxygens (including phenoxy) is 2. The monoisotopic (exact) mass is 418 g/mol. The van der Waals surface area contributed by atoms with Crippen LogP contribution in [0.25, 0.3) is 0 Å². The summed E-state index contributed by atoms with van der Waals surface area (Å²) in [7, 11) is -1.72. The standard InChI is InChI=1S/C20H26N4O4S/c1-3-29(25,26)24-13-10-16-15(14-24)19(22-20(21-16)23-11-6-7-12-23)28-18-9-5-4-8-17(18)27-2/h4-5,8-9H,3,6-7,10-14H2,1-2H3. The highest BCUT2D eigenvalue weighted by atomic mass is 32.2. The van der Waals surface area contributed by atoms with Crippen LogP contribution in [0, 0.1) is 0 Å². The Hall–Kier alpha value is -2.39. The summed E-state index contributed by atoms with van der Waals surface area (Å²) < 4.78 is 37.9. The summed E-state index contributed by atoms with van der Waals surface area (Å²) in [5.41, 5.74) is 1.58. The highest BCUT2D eigenvalue weighted by Gasteiger charge is 2.31. The maximum absolute atomic E-state index is 12.4. The van der Waals surface area contributed by atoms with E-state index in [4.69, 9.17) is 19.4 Å². The van der Waals surface area contributed by atoms with Crippen molar-refractivity contribution in [2.75, 3.05) is 37.4 Å². The third-order valence-corrected chi connectivity index (χ3v) is 7.23. The first kappa shape index (κ1) is 19.9. The molecular weight excluding hydrogens is 392 g/mol. The van der Waals surface area contributed by atoms with Gasteiger partial charge in [0.25, 0.3) is 0 Å². The Morgan fingerprint density at radius 1 is 1.07 bits per heavy atom. The zero-order valence-corrected chi connectivity index (χ0v) is 17.6. The van der Waals surface area contributed by atoms with Crippen LogP contribution in [0.15, 0.2) is 24.3 Å².